The highest BCUT2D eigenvalue weighted by Crippen LogP contribution is 1.83. The minimum Gasteiger partial charge on any atom is -0.624 e. The molecule has 0 radical (unpaired) electrons. The first-order chi connectivity index (χ1) is 3.39. The smallest absolute Gasteiger partial charge is 0.0950 e. The highest BCUT2D eigenvalue weighted by Gasteiger charge is 1.85. The summed E-state index contributed by atoms with van der Waals surface area (Å²) < 4.78 is 0. The van der Waals surface area contributed by atoms with E-state index in [2.05, 4.69) is 0 Å². The van der Waals surface area contributed by atoms with Crippen molar-refractivity contribution in [3.05, 3.63) is 29.8 Å². The third-order valence-corrected chi connectivity index (χ3v) is 0.836. The van der Waals surface area contributed by atoms with Crippen LogP contribution in [0, 0.1) is 5.21 Å². The van der Waals surface area contributed by atoms with Crippen molar-refractivity contribution in [3.8, 4) is 0 Å². The second-order valence-electron chi connectivity index (χ2n) is 1.44. The van der Waals surface area contributed by atoms with Crippen molar-refractivity contribution >= 4 is 0 Å². The summed E-state index contributed by atoms with van der Waals surface area (Å²) in [6.45, 7) is 0. The van der Waals surface area contributed by atoms with Gasteiger partial charge in [-0.15, -0.1) is 0 Å². The van der Waals surface area contributed by atoms with E-state index < -0.39 is 0 Å². The fourth-order valence-electron chi connectivity index (χ4n) is 0.503. The van der Waals surface area contributed by atoms with Crippen molar-refractivity contribution in [2.24, 2.45) is 0 Å². The monoisotopic (exact) mass is 97.1 g/mol. The zero-order valence-electron chi connectivity index (χ0n) is 3.92. The maximum atomic E-state index is 10.3. The van der Waals surface area contributed by atoms with Gasteiger partial charge in [0.15, 0.2) is 0 Å². The Morgan fingerprint density at radius 2 is 1.86 bits per heavy atom. The first-order valence-corrected chi connectivity index (χ1v) is 2.26. The van der Waals surface area contributed by atoms with Crippen molar-refractivity contribution in [1.82, 2.24) is 0 Å². The van der Waals surface area contributed by atoms with Gasteiger partial charge >= 0.3 is 0 Å². The van der Waals surface area contributed by atoms with Crippen molar-refractivity contribution < 1.29 is 5.06 Å². The molecule has 0 spiro atoms. The molecule has 1 aliphatic heterocycles. The van der Waals surface area contributed by atoms with Gasteiger partial charge in [-0.1, -0.05) is 0 Å². The first-order valence-electron chi connectivity index (χ1n) is 2.26. The van der Waals surface area contributed by atoms with Gasteiger partial charge in [-0.2, -0.15) is 0 Å². The Hall–Kier alpha value is -0.600. The van der Waals surface area contributed by atoms with Crippen LogP contribution in [0.1, 0.15) is 6.42 Å². The summed E-state index contributed by atoms with van der Waals surface area (Å²) >= 11 is 0. The zero-order chi connectivity index (χ0) is 5.11. The Morgan fingerprint density at radius 3 is 2.14 bits per heavy atom. The highest BCUT2D eigenvalue weighted by atomic mass is 16.5. The summed E-state index contributed by atoms with van der Waals surface area (Å²) in [7, 11) is 0. The lowest BCUT2D eigenvalue weighted by molar-refractivity contribution is -0.731. The molecule has 2 heteroatoms. The van der Waals surface area contributed by atoms with Gasteiger partial charge in [0.1, 0.15) is 0 Å². The molecule has 2 nitrogen and oxygen atoms in total. The zero-order valence-corrected chi connectivity index (χ0v) is 3.92. The molecule has 0 unspecified atom stereocenters. The maximum absolute atomic E-state index is 10.3. The summed E-state index contributed by atoms with van der Waals surface area (Å²) in [4.78, 5) is 0. The summed E-state index contributed by atoms with van der Waals surface area (Å²) in [6, 6.07) is 0. The summed E-state index contributed by atoms with van der Waals surface area (Å²) in [6.07, 6.45) is 7.77. The molecule has 1 heterocycles. The third-order valence-electron chi connectivity index (χ3n) is 0.836. The Labute approximate surface area is 42.3 Å². The molecular formula is C5H7NO. The average Bonchev–Trinajstić information content (AvgIpc) is 1.69. The minimum atomic E-state index is 0.103. The quantitative estimate of drug-likeness (QED) is 0.416. The van der Waals surface area contributed by atoms with Crippen molar-refractivity contribution in [3.63, 3.8) is 0 Å². The number of rotatable bonds is 0. The van der Waals surface area contributed by atoms with E-state index >= 15 is 0 Å². The largest absolute Gasteiger partial charge is 0.624 e. The molecule has 38 valence electrons. The number of allylic oxidation sites excluding steroid dienone is 2. The van der Waals surface area contributed by atoms with Crippen LogP contribution in [0.2, 0.25) is 0 Å². The molecule has 0 atom stereocenters. The molecule has 0 fully saturated rings. The molecule has 0 aromatic heterocycles. The molecule has 0 amide bonds. The third kappa shape index (κ3) is 1.14. The fourth-order valence-corrected chi connectivity index (χ4v) is 0.503. The van der Waals surface area contributed by atoms with Gasteiger partial charge < -0.3 is 10.3 Å². The Bertz CT molecular complexity index is 94.6. The lowest BCUT2D eigenvalue weighted by Crippen LogP contribution is -2.97. The Morgan fingerprint density at radius 1 is 1.29 bits per heavy atom. The maximum Gasteiger partial charge on any atom is 0.0950 e. The molecule has 0 aliphatic carbocycles. The number of hydrogen-bond donors (Lipinski definition) is 1. The van der Waals surface area contributed by atoms with Crippen molar-refractivity contribution in [2.75, 3.05) is 0 Å². The fraction of sp³-hybridized carbons (Fsp3) is 0.200. The molecule has 0 aromatic rings. The summed E-state index contributed by atoms with van der Waals surface area (Å²) in [5.41, 5.74) is 0. The molecule has 1 rings (SSSR count). The number of hydrogen-bond acceptors (Lipinski definition) is 1. The van der Waals surface area contributed by atoms with Crippen molar-refractivity contribution in [2.45, 2.75) is 6.42 Å². The molecule has 1 N–H and O–H groups in total. The van der Waals surface area contributed by atoms with Crippen LogP contribution < -0.4 is 5.06 Å². The Kier molecular flexibility index (Phi) is 1.24. The van der Waals surface area contributed by atoms with E-state index in [0.717, 1.165) is 6.42 Å². The Balaban J connectivity index is 2.49. The predicted molar refractivity (Wildman–Crippen MR) is 27.2 cm³/mol. The number of quaternary nitrogens is 1. The molecule has 0 aromatic carbocycles. The molecule has 0 bridgehead atoms. The summed E-state index contributed by atoms with van der Waals surface area (Å²) in [5.74, 6) is 0. The molecular weight excluding hydrogens is 90.1 g/mol. The average molecular weight is 97.1 g/mol. The van der Waals surface area contributed by atoms with E-state index in [1.807, 2.05) is 12.2 Å². The molecule has 0 saturated heterocycles. The minimum absolute atomic E-state index is 0.103. The second kappa shape index (κ2) is 1.91. The summed E-state index contributed by atoms with van der Waals surface area (Å²) in [5, 5.41) is 10.4. The van der Waals surface area contributed by atoms with Crippen LogP contribution in [-0.2, 0) is 0 Å². The van der Waals surface area contributed by atoms with E-state index in [0.29, 0.717) is 0 Å². The van der Waals surface area contributed by atoms with Crippen LogP contribution >= 0.6 is 0 Å². The molecule has 7 heavy (non-hydrogen) atoms. The van der Waals surface area contributed by atoms with Crippen LogP contribution in [0.15, 0.2) is 24.6 Å². The molecule has 0 saturated carbocycles. The van der Waals surface area contributed by atoms with Crippen LogP contribution in [0.4, 0.5) is 0 Å². The lowest BCUT2D eigenvalue weighted by Gasteiger charge is -2.12. The molecule has 1 aliphatic rings. The van der Waals surface area contributed by atoms with Gasteiger partial charge in [0.25, 0.3) is 0 Å². The normalized spacial score (nSPS) is 20.7. The van der Waals surface area contributed by atoms with Gasteiger partial charge in [-0.25, -0.2) is 0 Å². The first kappa shape index (κ1) is 4.56. The van der Waals surface area contributed by atoms with E-state index in [1.54, 1.807) is 12.4 Å². The van der Waals surface area contributed by atoms with Crippen LogP contribution in [-0.4, -0.2) is 0 Å². The van der Waals surface area contributed by atoms with Gasteiger partial charge in [-0.3, -0.25) is 0 Å². The van der Waals surface area contributed by atoms with Crippen LogP contribution in [0.25, 0.3) is 0 Å². The van der Waals surface area contributed by atoms with E-state index in [4.69, 9.17) is 0 Å². The standard InChI is InChI=1S/C5H7NO/c7-6-4-2-1-3-5-6/h2-6H,1H2. The predicted octanol–water partition coefficient (Wildman–Crippen LogP) is -0.200. The van der Waals surface area contributed by atoms with Crippen molar-refractivity contribution in [1.29, 1.82) is 0 Å². The lowest BCUT2D eigenvalue weighted by atomic mass is 10.3. The van der Waals surface area contributed by atoms with Crippen LogP contribution in [0.5, 0.6) is 0 Å². The van der Waals surface area contributed by atoms with E-state index in [1.165, 1.54) is 0 Å². The number of hydroxylamine groups is 2. The van der Waals surface area contributed by atoms with Gasteiger partial charge in [0.2, 0.25) is 0 Å². The van der Waals surface area contributed by atoms with E-state index in [-0.39, 0.29) is 5.06 Å². The topological polar surface area (TPSA) is 27.5 Å². The number of nitrogens with one attached hydrogen (secondary N) is 1. The van der Waals surface area contributed by atoms with Gasteiger partial charge in [0, 0.05) is 0 Å². The van der Waals surface area contributed by atoms with Gasteiger partial charge in [0.05, 0.1) is 12.4 Å². The van der Waals surface area contributed by atoms with E-state index in [9.17, 15) is 5.21 Å². The SMILES string of the molecule is [O-][NH+]1C=CCC=C1. The van der Waals surface area contributed by atoms with Crippen LogP contribution in [0.3, 0.4) is 0 Å². The van der Waals surface area contributed by atoms with Gasteiger partial charge in [-0.05, 0) is 18.6 Å². The highest BCUT2D eigenvalue weighted by molar-refractivity contribution is 4.90. The second-order valence-corrected chi connectivity index (χ2v) is 1.44.